The van der Waals surface area contributed by atoms with E-state index >= 15 is 0 Å². The number of methoxy groups -OCH3 is 1. The number of anilines is 1. The number of hydrogen-bond donors (Lipinski definition) is 0. The summed E-state index contributed by atoms with van der Waals surface area (Å²) in [6.07, 6.45) is 1.53. The summed E-state index contributed by atoms with van der Waals surface area (Å²) in [5.74, 6) is 0.0248. The molecule has 29 heavy (non-hydrogen) atoms. The fourth-order valence-electron chi connectivity index (χ4n) is 4.03. The van der Waals surface area contributed by atoms with Crippen LogP contribution in [0.1, 0.15) is 23.2 Å². The van der Waals surface area contributed by atoms with Crippen molar-refractivity contribution in [1.29, 1.82) is 0 Å². The van der Waals surface area contributed by atoms with Crippen LogP contribution in [0.3, 0.4) is 0 Å². The van der Waals surface area contributed by atoms with Crippen molar-refractivity contribution >= 4 is 17.5 Å². The quantitative estimate of drug-likeness (QED) is 0.798. The fourth-order valence-corrected chi connectivity index (χ4v) is 4.03. The first kappa shape index (κ1) is 19.4. The van der Waals surface area contributed by atoms with Crippen molar-refractivity contribution in [3.05, 3.63) is 59.9 Å². The van der Waals surface area contributed by atoms with E-state index in [-0.39, 0.29) is 24.2 Å². The van der Waals surface area contributed by atoms with E-state index in [1.807, 2.05) is 0 Å². The molecule has 2 amide bonds. The minimum absolute atomic E-state index is 0.0570. The van der Waals surface area contributed by atoms with E-state index in [9.17, 15) is 14.0 Å². The van der Waals surface area contributed by atoms with Gasteiger partial charge >= 0.3 is 0 Å². The Bertz CT molecular complexity index is 917. The molecule has 152 valence electrons. The zero-order chi connectivity index (χ0) is 20.4. The van der Waals surface area contributed by atoms with Crippen LogP contribution in [0.2, 0.25) is 0 Å². The van der Waals surface area contributed by atoms with Gasteiger partial charge in [0.2, 0.25) is 0 Å². The van der Waals surface area contributed by atoms with Gasteiger partial charge in [0.15, 0.2) is 0 Å². The van der Waals surface area contributed by atoms with E-state index in [1.165, 1.54) is 12.1 Å². The summed E-state index contributed by atoms with van der Waals surface area (Å²) in [4.78, 5) is 28.9. The molecule has 4 rings (SSSR count). The van der Waals surface area contributed by atoms with Gasteiger partial charge in [-0.3, -0.25) is 9.59 Å². The highest BCUT2D eigenvalue weighted by molar-refractivity contribution is 5.96. The Labute approximate surface area is 168 Å². The number of carbonyl (C=O) groups excluding carboxylic acids is 2. The van der Waals surface area contributed by atoms with E-state index in [0.29, 0.717) is 36.6 Å². The van der Waals surface area contributed by atoms with Crippen molar-refractivity contribution in [3.63, 3.8) is 0 Å². The van der Waals surface area contributed by atoms with Gasteiger partial charge in [-0.2, -0.15) is 0 Å². The number of amides is 2. The molecule has 2 aliphatic heterocycles. The highest BCUT2D eigenvalue weighted by atomic mass is 19.1. The molecule has 1 spiro atoms. The largest absolute Gasteiger partial charge is 0.497 e. The minimum atomic E-state index is -0.630. The Hall–Kier alpha value is -2.93. The van der Waals surface area contributed by atoms with Gasteiger partial charge in [0.25, 0.3) is 11.8 Å². The Morgan fingerprint density at radius 1 is 1.17 bits per heavy atom. The maximum atomic E-state index is 13.3. The number of likely N-dealkylation sites (tertiary alicyclic amines) is 1. The summed E-state index contributed by atoms with van der Waals surface area (Å²) >= 11 is 0. The summed E-state index contributed by atoms with van der Waals surface area (Å²) in [5.41, 5.74) is 0.564. The molecule has 1 atom stereocenters. The third kappa shape index (κ3) is 3.96. The maximum absolute atomic E-state index is 13.3. The van der Waals surface area contributed by atoms with Crippen LogP contribution >= 0.6 is 0 Å². The molecule has 2 aromatic rings. The molecule has 0 aromatic heterocycles. The van der Waals surface area contributed by atoms with Gasteiger partial charge in [-0.05, 0) is 55.3 Å². The Balaban J connectivity index is 1.53. The van der Waals surface area contributed by atoms with Crippen molar-refractivity contribution in [3.8, 4) is 5.75 Å². The molecule has 0 N–H and O–H groups in total. The van der Waals surface area contributed by atoms with Crippen molar-refractivity contribution in [1.82, 2.24) is 4.90 Å². The van der Waals surface area contributed by atoms with Gasteiger partial charge in [-0.1, -0.05) is 6.07 Å². The second kappa shape index (κ2) is 7.83. The topological polar surface area (TPSA) is 59.1 Å². The van der Waals surface area contributed by atoms with Crippen molar-refractivity contribution in [2.24, 2.45) is 0 Å². The van der Waals surface area contributed by atoms with E-state index in [4.69, 9.17) is 9.47 Å². The second-order valence-electron chi connectivity index (χ2n) is 7.49. The number of morpholine rings is 1. The number of benzene rings is 2. The lowest BCUT2D eigenvalue weighted by Crippen LogP contribution is -2.62. The predicted octanol–water partition coefficient (Wildman–Crippen LogP) is 2.87. The van der Waals surface area contributed by atoms with Crippen LogP contribution in [-0.2, 0) is 9.53 Å². The number of halogens is 1. The molecular weight excluding hydrogens is 375 g/mol. The molecule has 7 heteroatoms. The van der Waals surface area contributed by atoms with Crippen LogP contribution in [0.15, 0.2) is 48.5 Å². The Kier molecular flexibility index (Phi) is 5.24. The van der Waals surface area contributed by atoms with Crippen LogP contribution in [0.4, 0.5) is 10.1 Å². The number of hydrogen-bond acceptors (Lipinski definition) is 4. The molecule has 6 nitrogen and oxygen atoms in total. The van der Waals surface area contributed by atoms with Gasteiger partial charge in [-0.15, -0.1) is 0 Å². The van der Waals surface area contributed by atoms with Crippen LogP contribution < -0.4 is 9.64 Å². The third-order valence-corrected chi connectivity index (χ3v) is 5.53. The summed E-state index contributed by atoms with van der Waals surface area (Å²) in [6.45, 7) is 1.30. The molecule has 2 fully saturated rings. The number of carbonyl (C=O) groups is 2. The first-order valence-electron chi connectivity index (χ1n) is 9.63. The lowest BCUT2D eigenvalue weighted by Gasteiger charge is -2.47. The lowest BCUT2D eigenvalue weighted by atomic mass is 9.90. The molecule has 2 saturated heterocycles. The van der Waals surface area contributed by atoms with Crippen molar-refractivity contribution in [2.45, 2.75) is 18.4 Å². The SMILES string of the molecule is COc1cccc(C(=O)N2CCCC3(C2)CN(c2ccc(F)cc2)C(=O)CO3)c1. The van der Waals surface area contributed by atoms with E-state index in [1.54, 1.807) is 53.3 Å². The molecule has 0 saturated carbocycles. The zero-order valence-corrected chi connectivity index (χ0v) is 16.3. The zero-order valence-electron chi connectivity index (χ0n) is 16.3. The standard InChI is InChI=1S/C22H23FN2O4/c1-28-19-5-2-4-16(12-19)21(27)24-11-3-10-22(14-24)15-25(20(26)13-29-22)18-8-6-17(23)7-9-18/h2,4-9,12H,3,10-11,13-15H2,1H3. The molecule has 0 radical (unpaired) electrons. The molecule has 0 bridgehead atoms. The normalized spacial score (nSPS) is 22.1. The monoisotopic (exact) mass is 398 g/mol. The van der Waals surface area contributed by atoms with Crippen LogP contribution in [0.25, 0.3) is 0 Å². The highest BCUT2D eigenvalue weighted by Gasteiger charge is 2.44. The van der Waals surface area contributed by atoms with E-state index in [0.717, 1.165) is 12.8 Å². The molecule has 0 aliphatic carbocycles. The summed E-state index contributed by atoms with van der Waals surface area (Å²) in [7, 11) is 1.57. The van der Waals surface area contributed by atoms with Gasteiger partial charge < -0.3 is 19.3 Å². The average Bonchev–Trinajstić information content (AvgIpc) is 2.76. The van der Waals surface area contributed by atoms with Gasteiger partial charge in [0.1, 0.15) is 23.8 Å². The first-order chi connectivity index (χ1) is 14.0. The van der Waals surface area contributed by atoms with E-state index < -0.39 is 5.60 Å². The third-order valence-electron chi connectivity index (χ3n) is 5.53. The van der Waals surface area contributed by atoms with Gasteiger partial charge in [0.05, 0.1) is 20.2 Å². The molecule has 2 aromatic carbocycles. The fraction of sp³-hybridized carbons (Fsp3) is 0.364. The number of rotatable bonds is 3. The highest BCUT2D eigenvalue weighted by Crippen LogP contribution is 2.32. The molecule has 2 heterocycles. The van der Waals surface area contributed by atoms with Gasteiger partial charge in [-0.25, -0.2) is 4.39 Å². The number of nitrogens with zero attached hydrogens (tertiary/aromatic N) is 2. The number of ether oxygens (including phenoxy) is 2. The summed E-state index contributed by atoms with van der Waals surface area (Å²) in [6, 6.07) is 12.9. The smallest absolute Gasteiger partial charge is 0.254 e. The van der Waals surface area contributed by atoms with E-state index in [2.05, 4.69) is 0 Å². The first-order valence-corrected chi connectivity index (χ1v) is 9.63. The summed E-state index contributed by atoms with van der Waals surface area (Å²) < 4.78 is 24.5. The Morgan fingerprint density at radius 3 is 2.72 bits per heavy atom. The number of piperidine rings is 1. The average molecular weight is 398 g/mol. The van der Waals surface area contributed by atoms with Crippen LogP contribution in [0.5, 0.6) is 5.75 Å². The molecule has 2 aliphatic rings. The lowest BCUT2D eigenvalue weighted by molar-refractivity contribution is -0.144. The van der Waals surface area contributed by atoms with Crippen LogP contribution in [-0.4, -0.2) is 55.7 Å². The predicted molar refractivity (Wildman–Crippen MR) is 106 cm³/mol. The summed E-state index contributed by atoms with van der Waals surface area (Å²) in [5, 5.41) is 0. The second-order valence-corrected chi connectivity index (χ2v) is 7.49. The Morgan fingerprint density at radius 2 is 1.97 bits per heavy atom. The molecule has 1 unspecified atom stereocenters. The van der Waals surface area contributed by atoms with Crippen molar-refractivity contribution in [2.75, 3.05) is 38.3 Å². The van der Waals surface area contributed by atoms with Crippen molar-refractivity contribution < 1.29 is 23.5 Å². The molecular formula is C22H23FN2O4. The van der Waals surface area contributed by atoms with Gasteiger partial charge in [0, 0.05) is 17.8 Å². The maximum Gasteiger partial charge on any atom is 0.254 e. The van der Waals surface area contributed by atoms with Crippen LogP contribution in [0, 0.1) is 5.82 Å². The minimum Gasteiger partial charge on any atom is -0.497 e.